The van der Waals surface area contributed by atoms with Gasteiger partial charge < -0.3 is 14.7 Å². The molecule has 0 aromatic rings. The molecule has 0 aliphatic carbocycles. The second kappa shape index (κ2) is 5.93. The zero-order valence-corrected chi connectivity index (χ0v) is 13.7. The monoisotopic (exact) mass is 299 g/mol. The van der Waals surface area contributed by atoms with Gasteiger partial charge in [-0.1, -0.05) is 20.8 Å². The summed E-state index contributed by atoms with van der Waals surface area (Å²) in [6, 6.07) is -0.268. The van der Waals surface area contributed by atoms with Crippen molar-refractivity contribution in [2.24, 2.45) is 5.41 Å². The normalized spacial score (nSPS) is 25.1. The quantitative estimate of drug-likeness (QED) is 0.715. The molecule has 2 aliphatic heterocycles. The number of thioether (sulfide) groups is 1. The lowest BCUT2D eigenvalue weighted by atomic mass is 9.94. The van der Waals surface area contributed by atoms with Crippen LogP contribution in [-0.2, 0) is 9.59 Å². The molecule has 0 aromatic carbocycles. The minimum absolute atomic E-state index is 0.0787. The van der Waals surface area contributed by atoms with E-state index < -0.39 is 5.41 Å². The topological polar surface area (TPSA) is 43.9 Å². The zero-order chi connectivity index (χ0) is 14.9. The van der Waals surface area contributed by atoms with Gasteiger partial charge in [-0.25, -0.2) is 0 Å². The Kier molecular flexibility index (Phi) is 4.64. The highest BCUT2D eigenvalue weighted by molar-refractivity contribution is 7.99. The fourth-order valence-electron chi connectivity index (χ4n) is 2.52. The average molecular weight is 299 g/mol. The van der Waals surface area contributed by atoms with Crippen LogP contribution in [0.5, 0.6) is 0 Å². The molecule has 0 bridgehead atoms. The van der Waals surface area contributed by atoms with Crippen molar-refractivity contribution in [2.75, 3.05) is 44.9 Å². The van der Waals surface area contributed by atoms with E-state index in [0.717, 1.165) is 31.9 Å². The maximum Gasteiger partial charge on any atom is 0.246 e. The first-order chi connectivity index (χ1) is 9.30. The molecule has 2 fully saturated rings. The van der Waals surface area contributed by atoms with Gasteiger partial charge in [-0.3, -0.25) is 9.59 Å². The second-order valence-electron chi connectivity index (χ2n) is 6.67. The summed E-state index contributed by atoms with van der Waals surface area (Å²) in [6.07, 6.45) is 0. The van der Waals surface area contributed by atoms with Crippen LogP contribution in [0.25, 0.3) is 0 Å². The van der Waals surface area contributed by atoms with Gasteiger partial charge >= 0.3 is 0 Å². The Balaban J connectivity index is 2.03. The van der Waals surface area contributed by atoms with Crippen LogP contribution in [-0.4, -0.2) is 77.4 Å². The number of hydrogen-bond acceptors (Lipinski definition) is 4. The smallest absolute Gasteiger partial charge is 0.246 e. The van der Waals surface area contributed by atoms with E-state index in [0.29, 0.717) is 5.88 Å². The van der Waals surface area contributed by atoms with Crippen LogP contribution in [0.1, 0.15) is 20.8 Å². The van der Waals surface area contributed by atoms with Crippen molar-refractivity contribution in [2.45, 2.75) is 26.8 Å². The summed E-state index contributed by atoms with van der Waals surface area (Å²) in [5.74, 6) is 1.57. The minimum atomic E-state index is -0.425. The molecule has 2 heterocycles. The summed E-state index contributed by atoms with van der Waals surface area (Å²) in [5.41, 5.74) is -0.425. The first-order valence-corrected chi connectivity index (χ1v) is 8.32. The lowest BCUT2D eigenvalue weighted by molar-refractivity contribution is -0.148. The van der Waals surface area contributed by atoms with Crippen LogP contribution < -0.4 is 0 Å². The SMILES string of the molecule is CN1CCN(C(=O)C2CSCN2C(=O)C(C)(C)C)CC1. The van der Waals surface area contributed by atoms with Crippen LogP contribution >= 0.6 is 11.8 Å². The van der Waals surface area contributed by atoms with Gasteiger partial charge in [0.25, 0.3) is 0 Å². The molecular formula is C14H25N3O2S. The fraction of sp³-hybridized carbons (Fsp3) is 0.857. The van der Waals surface area contributed by atoms with Crippen LogP contribution in [0.4, 0.5) is 0 Å². The molecule has 6 heteroatoms. The molecule has 1 unspecified atom stereocenters. The predicted molar refractivity (Wildman–Crippen MR) is 81.5 cm³/mol. The molecule has 114 valence electrons. The van der Waals surface area contributed by atoms with E-state index in [2.05, 4.69) is 11.9 Å². The van der Waals surface area contributed by atoms with Gasteiger partial charge in [-0.05, 0) is 7.05 Å². The highest BCUT2D eigenvalue weighted by Crippen LogP contribution is 2.28. The van der Waals surface area contributed by atoms with Crippen LogP contribution in [0.2, 0.25) is 0 Å². The predicted octanol–water partition coefficient (Wildman–Crippen LogP) is 0.708. The van der Waals surface area contributed by atoms with Gasteiger partial charge in [0.1, 0.15) is 6.04 Å². The maximum atomic E-state index is 12.6. The number of hydrogen-bond donors (Lipinski definition) is 0. The third-order valence-corrected chi connectivity index (χ3v) is 4.90. The summed E-state index contributed by atoms with van der Waals surface area (Å²) in [4.78, 5) is 31.0. The highest BCUT2D eigenvalue weighted by atomic mass is 32.2. The average Bonchev–Trinajstić information content (AvgIpc) is 2.85. The molecule has 20 heavy (non-hydrogen) atoms. The van der Waals surface area contributed by atoms with Gasteiger partial charge in [0.15, 0.2) is 0 Å². The van der Waals surface area contributed by atoms with Crippen molar-refractivity contribution < 1.29 is 9.59 Å². The van der Waals surface area contributed by atoms with Crippen LogP contribution in [0.15, 0.2) is 0 Å². The molecular weight excluding hydrogens is 274 g/mol. The van der Waals surface area contributed by atoms with Crippen molar-refractivity contribution in [3.63, 3.8) is 0 Å². The fourth-order valence-corrected chi connectivity index (χ4v) is 3.66. The lowest BCUT2D eigenvalue weighted by Gasteiger charge is -2.36. The standard InChI is InChI=1S/C14H25N3O2S/c1-14(2,3)13(19)17-10-20-9-11(17)12(18)16-7-5-15(4)6-8-16/h11H,5-10H2,1-4H3. The minimum Gasteiger partial charge on any atom is -0.338 e. The molecule has 2 saturated heterocycles. The molecule has 2 aliphatic rings. The molecule has 0 radical (unpaired) electrons. The van der Waals surface area contributed by atoms with E-state index in [1.165, 1.54) is 0 Å². The summed E-state index contributed by atoms with van der Waals surface area (Å²) in [5, 5.41) is 0. The Morgan fingerprint density at radius 3 is 2.25 bits per heavy atom. The maximum absolute atomic E-state index is 12.6. The molecule has 0 aromatic heterocycles. The number of carbonyl (C=O) groups excluding carboxylic acids is 2. The van der Waals surface area contributed by atoms with Crippen molar-refractivity contribution >= 4 is 23.6 Å². The van der Waals surface area contributed by atoms with Gasteiger partial charge in [0.05, 0.1) is 5.88 Å². The van der Waals surface area contributed by atoms with E-state index in [-0.39, 0.29) is 17.9 Å². The first-order valence-electron chi connectivity index (χ1n) is 7.17. The molecule has 0 spiro atoms. The Labute approximate surface area is 125 Å². The third kappa shape index (κ3) is 3.28. The van der Waals surface area contributed by atoms with E-state index >= 15 is 0 Å². The number of amides is 2. The number of nitrogens with zero attached hydrogens (tertiary/aromatic N) is 3. The molecule has 5 nitrogen and oxygen atoms in total. The van der Waals surface area contributed by atoms with Gasteiger partial charge in [-0.2, -0.15) is 0 Å². The number of likely N-dealkylation sites (N-methyl/N-ethyl adjacent to an activating group) is 1. The molecule has 2 rings (SSSR count). The van der Waals surface area contributed by atoms with E-state index in [1.54, 1.807) is 16.7 Å². The van der Waals surface area contributed by atoms with Crippen molar-refractivity contribution in [3.05, 3.63) is 0 Å². The van der Waals surface area contributed by atoms with E-state index in [9.17, 15) is 9.59 Å². The highest BCUT2D eigenvalue weighted by Gasteiger charge is 2.40. The Morgan fingerprint density at radius 2 is 1.70 bits per heavy atom. The van der Waals surface area contributed by atoms with Crippen LogP contribution in [0, 0.1) is 5.41 Å². The van der Waals surface area contributed by atoms with Gasteiger partial charge in [0, 0.05) is 37.3 Å². The van der Waals surface area contributed by atoms with Crippen molar-refractivity contribution in [1.82, 2.24) is 14.7 Å². The molecule has 2 amide bonds. The largest absolute Gasteiger partial charge is 0.338 e. The lowest BCUT2D eigenvalue weighted by Crippen LogP contribution is -2.55. The summed E-state index contributed by atoms with van der Waals surface area (Å²) < 4.78 is 0. The Bertz CT molecular complexity index is 386. The Morgan fingerprint density at radius 1 is 1.10 bits per heavy atom. The molecule has 0 N–H and O–H groups in total. The summed E-state index contributed by atoms with van der Waals surface area (Å²) in [7, 11) is 2.07. The second-order valence-corrected chi connectivity index (χ2v) is 7.67. The first kappa shape index (κ1) is 15.6. The number of piperazine rings is 1. The van der Waals surface area contributed by atoms with Gasteiger partial charge in [-0.15, -0.1) is 11.8 Å². The Hall–Kier alpha value is -0.750. The van der Waals surface area contributed by atoms with Gasteiger partial charge in [0.2, 0.25) is 11.8 Å². The van der Waals surface area contributed by atoms with E-state index in [1.807, 2.05) is 25.7 Å². The number of carbonyl (C=O) groups is 2. The molecule has 0 saturated carbocycles. The van der Waals surface area contributed by atoms with Crippen molar-refractivity contribution in [3.8, 4) is 0 Å². The van der Waals surface area contributed by atoms with E-state index in [4.69, 9.17) is 0 Å². The van der Waals surface area contributed by atoms with Crippen LogP contribution in [0.3, 0.4) is 0 Å². The third-order valence-electron chi connectivity index (χ3n) is 3.88. The van der Waals surface area contributed by atoms with Crippen molar-refractivity contribution in [1.29, 1.82) is 0 Å². The zero-order valence-electron chi connectivity index (χ0n) is 12.9. The summed E-state index contributed by atoms with van der Waals surface area (Å²) >= 11 is 1.67. The number of rotatable bonds is 1. The summed E-state index contributed by atoms with van der Waals surface area (Å²) in [6.45, 7) is 9.11. The molecule has 1 atom stereocenters.